The smallest absolute Gasteiger partial charge is 0.305 e. The molecule has 1 aromatic heterocycles. The molecule has 1 atom stereocenters. The van der Waals surface area contributed by atoms with E-state index in [0.717, 1.165) is 0 Å². The number of aliphatic carboxylic acids is 1. The van der Waals surface area contributed by atoms with Gasteiger partial charge >= 0.3 is 5.97 Å². The van der Waals surface area contributed by atoms with E-state index in [2.05, 4.69) is 10.3 Å². The van der Waals surface area contributed by atoms with Crippen molar-refractivity contribution in [3.8, 4) is 11.5 Å². The maximum absolute atomic E-state index is 12.8. The first-order chi connectivity index (χ1) is 13.9. The average Bonchev–Trinajstić information content (AvgIpc) is 2.72. The van der Waals surface area contributed by atoms with Gasteiger partial charge in [0.1, 0.15) is 5.69 Å². The highest BCUT2D eigenvalue weighted by Gasteiger charge is 2.21. The van der Waals surface area contributed by atoms with Crippen LogP contribution in [0.5, 0.6) is 11.5 Å². The Morgan fingerprint density at radius 1 is 1.07 bits per heavy atom. The van der Waals surface area contributed by atoms with Gasteiger partial charge in [-0.1, -0.05) is 24.3 Å². The van der Waals surface area contributed by atoms with E-state index in [1.165, 1.54) is 14.2 Å². The minimum absolute atomic E-state index is 0.0459. The zero-order chi connectivity index (χ0) is 21.0. The van der Waals surface area contributed by atoms with E-state index >= 15 is 0 Å². The van der Waals surface area contributed by atoms with Crippen LogP contribution in [-0.4, -0.2) is 36.2 Å². The average molecular weight is 396 g/mol. The van der Waals surface area contributed by atoms with Gasteiger partial charge in [-0.05, 0) is 35.2 Å². The largest absolute Gasteiger partial charge is 0.493 e. The van der Waals surface area contributed by atoms with Crippen LogP contribution in [-0.2, 0) is 4.79 Å². The summed E-state index contributed by atoms with van der Waals surface area (Å²) in [4.78, 5) is 38.9. The number of carbonyl (C=O) groups is 2. The SMILES string of the molecule is COc1ccc(C(CC(=O)O)NC(=O)c2cc3ccccc3c(=O)[nH]2)cc1OC. The monoisotopic (exact) mass is 396 g/mol. The van der Waals surface area contributed by atoms with E-state index in [0.29, 0.717) is 27.8 Å². The van der Waals surface area contributed by atoms with Gasteiger partial charge in [0.05, 0.1) is 26.7 Å². The van der Waals surface area contributed by atoms with Gasteiger partial charge in [0, 0.05) is 5.39 Å². The first kappa shape index (κ1) is 19.9. The van der Waals surface area contributed by atoms with Gasteiger partial charge in [-0.15, -0.1) is 0 Å². The lowest BCUT2D eigenvalue weighted by atomic mass is 10.0. The third kappa shape index (κ3) is 4.37. The Bertz CT molecular complexity index is 1120. The molecule has 1 unspecified atom stereocenters. The van der Waals surface area contributed by atoms with Crippen LogP contribution in [0.4, 0.5) is 0 Å². The highest BCUT2D eigenvalue weighted by molar-refractivity contribution is 5.96. The number of carbonyl (C=O) groups excluding carboxylic acids is 1. The number of hydrogen-bond donors (Lipinski definition) is 3. The molecule has 1 amide bonds. The molecule has 0 aliphatic rings. The van der Waals surface area contributed by atoms with Crippen LogP contribution < -0.4 is 20.3 Å². The van der Waals surface area contributed by atoms with Gasteiger partial charge in [-0.3, -0.25) is 14.4 Å². The van der Waals surface area contributed by atoms with E-state index in [1.807, 2.05) is 0 Å². The van der Waals surface area contributed by atoms with Gasteiger partial charge < -0.3 is 24.9 Å². The molecule has 0 saturated heterocycles. The van der Waals surface area contributed by atoms with Crippen LogP contribution in [0.2, 0.25) is 0 Å². The maximum atomic E-state index is 12.8. The summed E-state index contributed by atoms with van der Waals surface area (Å²) in [5, 5.41) is 13.0. The van der Waals surface area contributed by atoms with E-state index in [4.69, 9.17) is 9.47 Å². The molecular formula is C21H20N2O6. The first-order valence-electron chi connectivity index (χ1n) is 8.79. The summed E-state index contributed by atoms with van der Waals surface area (Å²) >= 11 is 0. The van der Waals surface area contributed by atoms with Gasteiger partial charge in [0.25, 0.3) is 11.5 Å². The molecule has 3 N–H and O–H groups in total. The van der Waals surface area contributed by atoms with Crippen molar-refractivity contribution in [1.29, 1.82) is 0 Å². The fourth-order valence-electron chi connectivity index (χ4n) is 3.07. The normalized spacial score (nSPS) is 11.7. The predicted molar refractivity (Wildman–Crippen MR) is 107 cm³/mol. The number of aromatic nitrogens is 1. The molecule has 2 aromatic carbocycles. The molecule has 8 heteroatoms. The van der Waals surface area contributed by atoms with Crippen molar-refractivity contribution in [3.05, 3.63) is 70.1 Å². The van der Waals surface area contributed by atoms with Gasteiger partial charge in [0.2, 0.25) is 0 Å². The Balaban J connectivity index is 1.94. The Labute approximate surface area is 166 Å². The Morgan fingerprint density at radius 3 is 2.48 bits per heavy atom. The van der Waals surface area contributed by atoms with E-state index in [1.54, 1.807) is 48.5 Å². The van der Waals surface area contributed by atoms with Crippen LogP contribution in [0.25, 0.3) is 10.8 Å². The van der Waals surface area contributed by atoms with Crippen molar-refractivity contribution in [2.45, 2.75) is 12.5 Å². The molecule has 0 spiro atoms. The second-order valence-corrected chi connectivity index (χ2v) is 6.34. The summed E-state index contributed by atoms with van der Waals surface area (Å²) in [5.41, 5.74) is 0.181. The molecule has 1 heterocycles. The zero-order valence-corrected chi connectivity index (χ0v) is 15.9. The Hall–Kier alpha value is -3.81. The van der Waals surface area contributed by atoms with Crippen molar-refractivity contribution in [3.63, 3.8) is 0 Å². The number of rotatable bonds is 7. The predicted octanol–water partition coefficient (Wildman–Crippen LogP) is 2.49. The number of pyridine rings is 1. The number of amides is 1. The third-order valence-corrected chi connectivity index (χ3v) is 4.49. The van der Waals surface area contributed by atoms with Gasteiger partial charge in [-0.2, -0.15) is 0 Å². The molecule has 0 aliphatic heterocycles. The van der Waals surface area contributed by atoms with Crippen LogP contribution >= 0.6 is 0 Å². The summed E-state index contributed by atoms with van der Waals surface area (Å²) in [6.07, 6.45) is -0.348. The lowest BCUT2D eigenvalue weighted by Crippen LogP contribution is -2.32. The molecule has 3 rings (SSSR count). The first-order valence-corrected chi connectivity index (χ1v) is 8.79. The van der Waals surface area contributed by atoms with Crippen LogP contribution in [0, 0.1) is 0 Å². The minimum Gasteiger partial charge on any atom is -0.493 e. The maximum Gasteiger partial charge on any atom is 0.305 e. The minimum atomic E-state index is -1.09. The molecule has 0 aliphatic carbocycles. The van der Waals surface area contributed by atoms with E-state index < -0.39 is 23.5 Å². The summed E-state index contributed by atoms with van der Waals surface area (Å²) in [6.45, 7) is 0. The fourth-order valence-corrected chi connectivity index (χ4v) is 3.07. The van der Waals surface area contributed by atoms with Crippen molar-refractivity contribution < 1.29 is 24.2 Å². The number of benzene rings is 2. The summed E-state index contributed by atoms with van der Waals surface area (Å²) in [5.74, 6) is -0.782. The molecule has 0 radical (unpaired) electrons. The molecule has 8 nitrogen and oxygen atoms in total. The highest BCUT2D eigenvalue weighted by Crippen LogP contribution is 2.31. The van der Waals surface area contributed by atoms with Crippen molar-refractivity contribution >= 4 is 22.6 Å². The van der Waals surface area contributed by atoms with Crippen molar-refractivity contribution in [2.75, 3.05) is 14.2 Å². The summed E-state index contributed by atoms with van der Waals surface area (Å²) < 4.78 is 10.4. The van der Waals surface area contributed by atoms with E-state index in [9.17, 15) is 19.5 Å². The van der Waals surface area contributed by atoms with E-state index in [-0.39, 0.29) is 12.1 Å². The van der Waals surface area contributed by atoms with Crippen molar-refractivity contribution in [1.82, 2.24) is 10.3 Å². The number of carboxylic acid groups (broad SMARTS) is 1. The number of aromatic amines is 1. The van der Waals surface area contributed by atoms with Gasteiger partial charge in [0.15, 0.2) is 11.5 Å². The van der Waals surface area contributed by atoms with Gasteiger partial charge in [-0.25, -0.2) is 0 Å². The molecule has 29 heavy (non-hydrogen) atoms. The number of methoxy groups -OCH3 is 2. The quantitative estimate of drug-likeness (QED) is 0.565. The molecular weight excluding hydrogens is 376 g/mol. The standard InChI is InChI=1S/C21H20N2O6/c1-28-17-8-7-13(10-18(17)29-2)15(11-19(24)25)22-21(27)16-9-12-5-3-4-6-14(12)20(26)23-16/h3-10,15H,11H2,1-2H3,(H,22,27)(H,23,26)(H,24,25). The second kappa shape index (κ2) is 8.47. The van der Waals surface area contributed by atoms with Crippen LogP contribution in [0.3, 0.4) is 0 Å². The topological polar surface area (TPSA) is 118 Å². The number of H-pyrrole nitrogens is 1. The molecule has 150 valence electrons. The number of fused-ring (bicyclic) bond motifs is 1. The fraction of sp³-hybridized carbons (Fsp3) is 0.190. The molecule has 0 fully saturated rings. The number of nitrogens with one attached hydrogen (secondary N) is 2. The lowest BCUT2D eigenvalue weighted by Gasteiger charge is -2.19. The molecule has 3 aromatic rings. The highest BCUT2D eigenvalue weighted by atomic mass is 16.5. The van der Waals surface area contributed by atoms with Crippen LogP contribution in [0.15, 0.2) is 53.3 Å². The van der Waals surface area contributed by atoms with Crippen molar-refractivity contribution in [2.24, 2.45) is 0 Å². The third-order valence-electron chi connectivity index (χ3n) is 4.49. The second-order valence-electron chi connectivity index (χ2n) is 6.34. The molecule has 0 saturated carbocycles. The Morgan fingerprint density at radius 2 is 1.79 bits per heavy atom. The number of hydrogen-bond acceptors (Lipinski definition) is 5. The summed E-state index contributed by atoms with van der Waals surface area (Å²) in [7, 11) is 2.95. The van der Waals surface area contributed by atoms with Crippen LogP contribution in [0.1, 0.15) is 28.5 Å². The molecule has 0 bridgehead atoms. The Kier molecular flexibility index (Phi) is 5.82. The zero-order valence-electron chi connectivity index (χ0n) is 15.9. The number of ether oxygens (including phenoxy) is 2. The number of carboxylic acids is 1. The lowest BCUT2D eigenvalue weighted by molar-refractivity contribution is -0.137. The summed E-state index contributed by atoms with van der Waals surface area (Å²) in [6, 6.07) is 12.5.